The van der Waals surface area contributed by atoms with E-state index in [2.05, 4.69) is 15.6 Å². The molecule has 92 valence electrons. The molecule has 0 spiro atoms. The zero-order valence-electron chi connectivity index (χ0n) is 9.36. The molecule has 1 heterocycles. The minimum absolute atomic E-state index is 0.0367. The number of amides is 1. The van der Waals surface area contributed by atoms with Crippen LogP contribution in [0.5, 0.6) is 0 Å². The van der Waals surface area contributed by atoms with E-state index in [-0.39, 0.29) is 6.54 Å². The van der Waals surface area contributed by atoms with Crippen LogP contribution >= 0.6 is 0 Å². The number of nitrogens with one attached hydrogen (secondary N) is 2. The van der Waals surface area contributed by atoms with Crippen molar-refractivity contribution in [3.63, 3.8) is 0 Å². The molecule has 0 bridgehead atoms. The molecule has 0 saturated heterocycles. The van der Waals surface area contributed by atoms with Crippen molar-refractivity contribution in [3.8, 4) is 0 Å². The molecular weight excluding hydrogens is 224 g/mol. The van der Waals surface area contributed by atoms with Gasteiger partial charge >= 0.3 is 5.97 Å². The molecule has 1 aromatic heterocycles. The quantitative estimate of drug-likeness (QED) is 0.553. The fraction of sp³-hybridized carbons (Fsp3) is 0.300. The van der Waals surface area contributed by atoms with Crippen LogP contribution in [0.25, 0.3) is 0 Å². The molecule has 17 heavy (non-hydrogen) atoms. The molecule has 7 nitrogen and oxygen atoms in total. The Hall–Kier alpha value is -2.31. The highest BCUT2D eigenvalue weighted by molar-refractivity contribution is 5.84. The van der Waals surface area contributed by atoms with E-state index in [1.54, 1.807) is 13.0 Å². The van der Waals surface area contributed by atoms with Gasteiger partial charge in [-0.1, -0.05) is 0 Å². The number of anilines is 2. The minimum atomic E-state index is -1.08. The van der Waals surface area contributed by atoms with E-state index in [9.17, 15) is 9.59 Å². The van der Waals surface area contributed by atoms with Gasteiger partial charge in [0.2, 0.25) is 5.91 Å². The molecule has 0 aromatic carbocycles. The van der Waals surface area contributed by atoms with E-state index in [0.29, 0.717) is 11.5 Å². The Morgan fingerprint density at radius 2 is 2.18 bits per heavy atom. The summed E-state index contributed by atoms with van der Waals surface area (Å²) in [5, 5.41) is 13.4. The molecule has 1 amide bonds. The third-order valence-corrected chi connectivity index (χ3v) is 1.95. The number of hydrogen-bond acceptors (Lipinski definition) is 5. The van der Waals surface area contributed by atoms with Crippen LogP contribution in [-0.4, -0.2) is 35.1 Å². The van der Waals surface area contributed by atoms with Gasteiger partial charge in [0.25, 0.3) is 0 Å². The molecule has 0 radical (unpaired) electrons. The number of aliphatic carboxylic acids is 1. The first-order chi connectivity index (χ1) is 7.99. The minimum Gasteiger partial charge on any atom is -0.480 e. The van der Waals surface area contributed by atoms with E-state index in [1.807, 2.05) is 0 Å². The number of carbonyl (C=O) groups excluding carboxylic acids is 1. The van der Waals surface area contributed by atoms with Crippen LogP contribution in [0, 0.1) is 6.92 Å². The average Bonchev–Trinajstić information content (AvgIpc) is 2.25. The summed E-state index contributed by atoms with van der Waals surface area (Å²) >= 11 is 0. The summed E-state index contributed by atoms with van der Waals surface area (Å²) in [6, 6.07) is 1.73. The van der Waals surface area contributed by atoms with Gasteiger partial charge < -0.3 is 21.5 Å². The number of carboxylic acids is 1. The van der Waals surface area contributed by atoms with Crippen LogP contribution in [0.15, 0.2) is 12.3 Å². The van der Waals surface area contributed by atoms with Gasteiger partial charge in [0.1, 0.15) is 12.4 Å². The van der Waals surface area contributed by atoms with Crippen molar-refractivity contribution in [2.24, 2.45) is 0 Å². The highest BCUT2D eigenvalue weighted by Crippen LogP contribution is 2.13. The maximum Gasteiger partial charge on any atom is 0.322 e. The van der Waals surface area contributed by atoms with Gasteiger partial charge in [-0.2, -0.15) is 0 Å². The number of nitrogens with two attached hydrogens (primary N) is 1. The second kappa shape index (κ2) is 5.69. The lowest BCUT2D eigenvalue weighted by atomic mass is 10.2. The van der Waals surface area contributed by atoms with E-state index in [0.717, 1.165) is 5.56 Å². The SMILES string of the molecule is Cc1cc(N)cnc1NCC(=O)NCC(=O)O. The monoisotopic (exact) mass is 238 g/mol. The van der Waals surface area contributed by atoms with Crippen LogP contribution < -0.4 is 16.4 Å². The van der Waals surface area contributed by atoms with Gasteiger partial charge in [0, 0.05) is 0 Å². The summed E-state index contributed by atoms with van der Waals surface area (Å²) in [5.41, 5.74) is 6.89. The standard InChI is InChI=1S/C10H14N4O3/c1-6-2-7(11)3-13-10(6)14-4-8(15)12-5-9(16)17/h2-3H,4-5,11H2,1H3,(H,12,15)(H,13,14)(H,16,17). The molecule has 1 aromatic rings. The first kappa shape index (κ1) is 12.8. The lowest BCUT2D eigenvalue weighted by molar-refractivity contribution is -0.137. The van der Waals surface area contributed by atoms with Gasteiger partial charge in [0.15, 0.2) is 0 Å². The van der Waals surface area contributed by atoms with Crippen molar-refractivity contribution in [1.29, 1.82) is 0 Å². The maximum atomic E-state index is 11.2. The van der Waals surface area contributed by atoms with Crippen molar-refractivity contribution in [2.75, 3.05) is 24.1 Å². The van der Waals surface area contributed by atoms with Crippen molar-refractivity contribution in [3.05, 3.63) is 17.8 Å². The van der Waals surface area contributed by atoms with Crippen LogP contribution in [-0.2, 0) is 9.59 Å². The second-order valence-electron chi connectivity index (χ2n) is 3.46. The molecule has 0 aliphatic rings. The largest absolute Gasteiger partial charge is 0.480 e. The summed E-state index contributed by atoms with van der Waals surface area (Å²) in [4.78, 5) is 25.4. The number of carboxylic acid groups (broad SMARTS) is 1. The predicted octanol–water partition coefficient (Wildman–Crippen LogP) is -0.415. The molecule has 1 rings (SSSR count). The van der Waals surface area contributed by atoms with Crippen molar-refractivity contribution in [2.45, 2.75) is 6.92 Å². The zero-order valence-corrected chi connectivity index (χ0v) is 9.36. The predicted molar refractivity (Wildman–Crippen MR) is 62.5 cm³/mol. The molecule has 0 fully saturated rings. The van der Waals surface area contributed by atoms with Crippen molar-refractivity contribution < 1.29 is 14.7 Å². The van der Waals surface area contributed by atoms with Crippen LogP contribution in [0.2, 0.25) is 0 Å². The smallest absolute Gasteiger partial charge is 0.322 e. The van der Waals surface area contributed by atoms with Gasteiger partial charge in [-0.15, -0.1) is 0 Å². The molecule has 7 heteroatoms. The highest BCUT2D eigenvalue weighted by Gasteiger charge is 2.05. The van der Waals surface area contributed by atoms with Gasteiger partial charge in [-0.05, 0) is 18.6 Å². The Labute approximate surface area is 98.0 Å². The Kier molecular flexibility index (Phi) is 4.27. The number of nitrogens with zero attached hydrogens (tertiary/aromatic N) is 1. The zero-order chi connectivity index (χ0) is 12.8. The van der Waals surface area contributed by atoms with E-state index in [1.165, 1.54) is 6.20 Å². The molecule has 0 unspecified atom stereocenters. The van der Waals surface area contributed by atoms with Crippen LogP contribution in [0.3, 0.4) is 0 Å². The topological polar surface area (TPSA) is 117 Å². The van der Waals surface area contributed by atoms with Gasteiger partial charge in [-0.25, -0.2) is 4.98 Å². The Balaban J connectivity index is 2.44. The molecule has 0 aliphatic carbocycles. The molecule has 0 aliphatic heterocycles. The van der Waals surface area contributed by atoms with Crippen molar-refractivity contribution in [1.82, 2.24) is 10.3 Å². The van der Waals surface area contributed by atoms with Crippen molar-refractivity contribution >= 4 is 23.4 Å². The lowest BCUT2D eigenvalue weighted by Gasteiger charge is -2.08. The second-order valence-corrected chi connectivity index (χ2v) is 3.46. The van der Waals surface area contributed by atoms with E-state index >= 15 is 0 Å². The van der Waals surface area contributed by atoms with Gasteiger partial charge in [-0.3, -0.25) is 9.59 Å². The van der Waals surface area contributed by atoms with Gasteiger partial charge in [0.05, 0.1) is 18.4 Å². The Bertz CT molecular complexity index is 434. The third-order valence-electron chi connectivity index (χ3n) is 1.95. The summed E-state index contributed by atoms with van der Waals surface area (Å²) < 4.78 is 0. The number of nitrogen functional groups attached to an aromatic ring is 1. The molecular formula is C10H14N4O3. The highest BCUT2D eigenvalue weighted by atomic mass is 16.4. The fourth-order valence-electron chi connectivity index (χ4n) is 1.18. The Morgan fingerprint density at radius 1 is 1.47 bits per heavy atom. The van der Waals surface area contributed by atoms with E-state index in [4.69, 9.17) is 10.8 Å². The van der Waals surface area contributed by atoms with Crippen LogP contribution in [0.1, 0.15) is 5.56 Å². The summed E-state index contributed by atoms with van der Waals surface area (Å²) in [6.45, 7) is 1.38. The average molecular weight is 238 g/mol. The summed E-state index contributed by atoms with van der Waals surface area (Å²) in [7, 11) is 0. The molecule has 0 saturated carbocycles. The normalized spacial score (nSPS) is 9.71. The molecule has 0 atom stereocenters. The summed E-state index contributed by atoms with van der Waals surface area (Å²) in [5.74, 6) is -0.949. The number of carbonyl (C=O) groups is 2. The van der Waals surface area contributed by atoms with Crippen LogP contribution in [0.4, 0.5) is 11.5 Å². The Morgan fingerprint density at radius 3 is 2.76 bits per heavy atom. The first-order valence-corrected chi connectivity index (χ1v) is 4.93. The lowest BCUT2D eigenvalue weighted by Crippen LogP contribution is -2.34. The number of pyridine rings is 1. The third kappa shape index (κ3) is 4.37. The first-order valence-electron chi connectivity index (χ1n) is 4.93. The number of rotatable bonds is 5. The maximum absolute atomic E-state index is 11.2. The number of aryl methyl sites for hydroxylation is 1. The van der Waals surface area contributed by atoms with E-state index < -0.39 is 18.4 Å². The number of aromatic nitrogens is 1. The number of hydrogen-bond donors (Lipinski definition) is 4. The fourth-order valence-corrected chi connectivity index (χ4v) is 1.18. The summed E-state index contributed by atoms with van der Waals surface area (Å²) in [6.07, 6.45) is 1.48. The molecule has 5 N–H and O–H groups in total.